The fraction of sp³-hybridized carbons (Fsp3) is 0.0833. The first-order valence-corrected chi connectivity index (χ1v) is 10.2. The molecule has 0 atom stereocenters. The van der Waals surface area contributed by atoms with Crippen molar-refractivity contribution in [2.24, 2.45) is 0 Å². The monoisotopic (exact) mass is 512 g/mol. The van der Waals surface area contributed by atoms with Crippen LogP contribution in [0.2, 0.25) is 0 Å². The standard InChI is InChI=1S/C24H18FIN2O2/c1-30-23-13-16(11-18(15-27)24(29)28-19-8-3-2-4-9-19)12-22(26)20(23)14-17-7-5-6-10-21(17)25/h2-13H,14H2,1H3,(H,28,29)/b18-11+. The molecule has 6 heteroatoms. The summed E-state index contributed by atoms with van der Waals surface area (Å²) < 4.78 is 20.4. The van der Waals surface area contributed by atoms with E-state index in [0.717, 1.165) is 9.13 Å². The Morgan fingerprint density at radius 2 is 1.87 bits per heavy atom. The van der Waals surface area contributed by atoms with Gasteiger partial charge in [0.15, 0.2) is 0 Å². The molecule has 0 aliphatic carbocycles. The summed E-state index contributed by atoms with van der Waals surface area (Å²) in [5.74, 6) is -0.200. The molecule has 30 heavy (non-hydrogen) atoms. The van der Waals surface area contributed by atoms with Gasteiger partial charge < -0.3 is 10.1 Å². The first-order valence-electron chi connectivity index (χ1n) is 9.10. The quantitative estimate of drug-likeness (QED) is 0.267. The summed E-state index contributed by atoms with van der Waals surface area (Å²) in [7, 11) is 1.54. The van der Waals surface area contributed by atoms with Crippen molar-refractivity contribution >= 4 is 40.3 Å². The number of methoxy groups -OCH3 is 1. The number of amides is 1. The highest BCUT2D eigenvalue weighted by atomic mass is 127. The second-order valence-electron chi connectivity index (χ2n) is 6.44. The van der Waals surface area contributed by atoms with Crippen molar-refractivity contribution in [3.05, 3.63) is 98.4 Å². The van der Waals surface area contributed by atoms with Gasteiger partial charge in [-0.3, -0.25) is 4.79 Å². The minimum atomic E-state index is -0.492. The van der Waals surface area contributed by atoms with Gasteiger partial charge in [-0.15, -0.1) is 0 Å². The Kier molecular flexibility index (Phi) is 7.20. The maximum absolute atomic E-state index is 14.1. The third kappa shape index (κ3) is 5.24. The number of nitrogens with one attached hydrogen (secondary N) is 1. The fourth-order valence-corrected chi connectivity index (χ4v) is 3.75. The zero-order chi connectivity index (χ0) is 21.5. The summed E-state index contributed by atoms with van der Waals surface area (Å²) >= 11 is 2.15. The Morgan fingerprint density at radius 3 is 2.53 bits per heavy atom. The Labute approximate surface area is 188 Å². The molecule has 0 fully saturated rings. The lowest BCUT2D eigenvalue weighted by molar-refractivity contribution is -0.112. The summed E-state index contributed by atoms with van der Waals surface area (Å²) in [5.41, 5.74) is 2.63. The number of hydrogen-bond acceptors (Lipinski definition) is 3. The highest BCUT2D eigenvalue weighted by Gasteiger charge is 2.14. The van der Waals surface area contributed by atoms with Crippen molar-refractivity contribution in [2.45, 2.75) is 6.42 Å². The topological polar surface area (TPSA) is 62.1 Å². The van der Waals surface area contributed by atoms with E-state index in [-0.39, 0.29) is 11.4 Å². The number of ether oxygens (including phenoxy) is 1. The molecule has 0 saturated carbocycles. The van der Waals surface area contributed by atoms with Crippen LogP contribution in [0.4, 0.5) is 10.1 Å². The lowest BCUT2D eigenvalue weighted by Crippen LogP contribution is -2.13. The minimum Gasteiger partial charge on any atom is -0.496 e. The van der Waals surface area contributed by atoms with Gasteiger partial charge >= 0.3 is 0 Å². The van der Waals surface area contributed by atoms with Crippen LogP contribution in [-0.2, 0) is 11.2 Å². The lowest BCUT2D eigenvalue weighted by atomic mass is 10.0. The van der Waals surface area contributed by atoms with Gasteiger partial charge in [-0.05, 0) is 70.1 Å². The number of carbonyl (C=O) groups excluding carboxylic acids is 1. The molecule has 1 amide bonds. The summed E-state index contributed by atoms with van der Waals surface area (Å²) in [4.78, 5) is 12.5. The van der Waals surface area contributed by atoms with Crippen LogP contribution in [0.1, 0.15) is 16.7 Å². The summed E-state index contributed by atoms with van der Waals surface area (Å²) in [6.45, 7) is 0. The number of para-hydroxylation sites is 1. The SMILES string of the molecule is COc1cc(/C=C(\C#N)C(=O)Nc2ccccc2)cc(I)c1Cc1ccccc1F. The molecule has 3 aromatic rings. The van der Waals surface area contributed by atoms with Crippen molar-refractivity contribution in [1.29, 1.82) is 5.26 Å². The molecule has 1 N–H and O–H groups in total. The van der Waals surface area contributed by atoms with Crippen molar-refractivity contribution < 1.29 is 13.9 Å². The molecular weight excluding hydrogens is 494 g/mol. The van der Waals surface area contributed by atoms with Crippen LogP contribution >= 0.6 is 22.6 Å². The van der Waals surface area contributed by atoms with Gasteiger partial charge in [-0.25, -0.2) is 4.39 Å². The summed E-state index contributed by atoms with van der Waals surface area (Å²) in [5, 5.41) is 12.2. The van der Waals surface area contributed by atoms with E-state index in [1.807, 2.05) is 18.2 Å². The number of anilines is 1. The van der Waals surface area contributed by atoms with Crippen LogP contribution in [0, 0.1) is 20.7 Å². The normalized spacial score (nSPS) is 10.9. The zero-order valence-electron chi connectivity index (χ0n) is 16.2. The number of halogens is 2. The van der Waals surface area contributed by atoms with Crippen LogP contribution < -0.4 is 10.1 Å². The van der Waals surface area contributed by atoms with Crippen molar-refractivity contribution in [1.82, 2.24) is 0 Å². The zero-order valence-corrected chi connectivity index (χ0v) is 18.3. The van der Waals surface area contributed by atoms with Crippen LogP contribution in [0.25, 0.3) is 6.08 Å². The maximum atomic E-state index is 14.1. The molecule has 0 aliphatic heterocycles. The number of nitrogens with zero attached hydrogens (tertiary/aromatic N) is 1. The van der Waals surface area contributed by atoms with Gasteiger partial charge in [0.05, 0.1) is 7.11 Å². The van der Waals surface area contributed by atoms with E-state index >= 15 is 0 Å². The second kappa shape index (κ2) is 10.0. The van der Waals surface area contributed by atoms with E-state index in [0.29, 0.717) is 29.0 Å². The fourth-order valence-electron chi connectivity index (χ4n) is 2.94. The first kappa shape index (κ1) is 21.5. The highest BCUT2D eigenvalue weighted by Crippen LogP contribution is 2.30. The van der Waals surface area contributed by atoms with Gasteiger partial charge in [-0.1, -0.05) is 36.4 Å². The Morgan fingerprint density at radius 1 is 1.17 bits per heavy atom. The van der Waals surface area contributed by atoms with Crippen molar-refractivity contribution in [3.63, 3.8) is 0 Å². The average molecular weight is 512 g/mol. The van der Waals surface area contributed by atoms with Crippen LogP contribution in [0.5, 0.6) is 5.75 Å². The molecular formula is C24H18FIN2O2. The van der Waals surface area contributed by atoms with Gasteiger partial charge in [0, 0.05) is 21.2 Å². The van der Waals surface area contributed by atoms with Crippen molar-refractivity contribution in [2.75, 3.05) is 12.4 Å². The van der Waals surface area contributed by atoms with E-state index in [9.17, 15) is 14.4 Å². The van der Waals surface area contributed by atoms with Gasteiger partial charge in [-0.2, -0.15) is 5.26 Å². The molecule has 0 saturated heterocycles. The Balaban J connectivity index is 1.90. The predicted octanol–water partition coefficient (Wildman–Crippen LogP) is 5.58. The maximum Gasteiger partial charge on any atom is 0.266 e. The number of hydrogen-bond donors (Lipinski definition) is 1. The van der Waals surface area contributed by atoms with Crippen LogP contribution in [0.3, 0.4) is 0 Å². The van der Waals surface area contributed by atoms with Crippen LogP contribution in [0.15, 0.2) is 72.3 Å². The molecule has 150 valence electrons. The molecule has 3 rings (SSSR count). The summed E-state index contributed by atoms with van der Waals surface area (Å²) in [6.07, 6.45) is 1.88. The predicted molar refractivity (Wildman–Crippen MR) is 124 cm³/mol. The van der Waals surface area contributed by atoms with Gasteiger partial charge in [0.25, 0.3) is 5.91 Å². The number of nitriles is 1. The Hall–Kier alpha value is -3.18. The number of rotatable bonds is 6. The van der Waals surface area contributed by atoms with E-state index in [1.54, 1.807) is 48.5 Å². The highest BCUT2D eigenvalue weighted by molar-refractivity contribution is 14.1. The second-order valence-corrected chi connectivity index (χ2v) is 7.60. The van der Waals surface area contributed by atoms with Crippen LogP contribution in [-0.4, -0.2) is 13.0 Å². The molecule has 0 unspecified atom stereocenters. The third-order valence-corrected chi connectivity index (χ3v) is 5.39. The number of carbonyl (C=O) groups is 1. The van der Waals surface area contributed by atoms with E-state index in [1.165, 1.54) is 19.3 Å². The third-order valence-electron chi connectivity index (χ3n) is 4.43. The minimum absolute atomic E-state index is 0.0291. The van der Waals surface area contributed by atoms with Gasteiger partial charge in [0.2, 0.25) is 0 Å². The summed E-state index contributed by atoms with van der Waals surface area (Å²) in [6, 6.07) is 21.1. The first-order chi connectivity index (χ1) is 14.5. The average Bonchev–Trinajstić information content (AvgIpc) is 2.75. The Bertz CT molecular complexity index is 1140. The molecule has 0 heterocycles. The lowest BCUT2D eigenvalue weighted by Gasteiger charge is -2.13. The van der Waals surface area contributed by atoms with Gasteiger partial charge in [0.1, 0.15) is 23.2 Å². The largest absolute Gasteiger partial charge is 0.496 e. The van der Waals surface area contributed by atoms with E-state index in [2.05, 4.69) is 27.9 Å². The number of benzene rings is 3. The molecule has 4 nitrogen and oxygen atoms in total. The van der Waals surface area contributed by atoms with E-state index in [4.69, 9.17) is 4.74 Å². The van der Waals surface area contributed by atoms with Crippen molar-refractivity contribution in [3.8, 4) is 11.8 Å². The molecule has 0 spiro atoms. The molecule has 0 aliphatic rings. The molecule has 0 radical (unpaired) electrons. The molecule has 3 aromatic carbocycles. The molecule has 0 bridgehead atoms. The smallest absolute Gasteiger partial charge is 0.266 e. The molecule has 0 aromatic heterocycles. The van der Waals surface area contributed by atoms with E-state index < -0.39 is 5.91 Å².